The van der Waals surface area contributed by atoms with Gasteiger partial charge in [0.25, 0.3) is 0 Å². The Bertz CT molecular complexity index is 761. The average Bonchev–Trinajstić information content (AvgIpc) is 3.15. The molecule has 0 saturated carbocycles. The highest BCUT2D eigenvalue weighted by Crippen LogP contribution is 2.32. The molecule has 0 unspecified atom stereocenters. The van der Waals surface area contributed by atoms with Crippen LogP contribution in [0.3, 0.4) is 0 Å². The maximum absolute atomic E-state index is 12.1. The molecule has 1 saturated heterocycles. The molecule has 0 N–H and O–H groups in total. The van der Waals surface area contributed by atoms with E-state index in [0.717, 1.165) is 0 Å². The van der Waals surface area contributed by atoms with Crippen LogP contribution in [0.4, 0.5) is 0 Å². The first-order chi connectivity index (χ1) is 13.1. The van der Waals surface area contributed by atoms with Crippen LogP contribution in [0.1, 0.15) is 33.6 Å². The maximum Gasteiger partial charge on any atom is 0.338 e. The van der Waals surface area contributed by atoms with Crippen LogP contribution >= 0.6 is 0 Å². The topological polar surface area (TPSA) is 71.1 Å². The Labute approximate surface area is 158 Å². The van der Waals surface area contributed by atoms with Gasteiger partial charge in [-0.3, -0.25) is 0 Å². The number of ether oxygens (including phenoxy) is 4. The third-order valence-electron chi connectivity index (χ3n) is 4.44. The summed E-state index contributed by atoms with van der Waals surface area (Å²) in [5, 5.41) is 0. The molecule has 6 heteroatoms. The maximum atomic E-state index is 12.1. The predicted molar refractivity (Wildman–Crippen MR) is 97.3 cm³/mol. The summed E-state index contributed by atoms with van der Waals surface area (Å²) in [5.41, 5.74) is 0.959. The number of hydrogen-bond donors (Lipinski definition) is 0. The van der Waals surface area contributed by atoms with E-state index in [1.165, 1.54) is 7.11 Å². The van der Waals surface area contributed by atoms with Crippen molar-refractivity contribution in [1.82, 2.24) is 0 Å². The van der Waals surface area contributed by atoms with Crippen LogP contribution in [0.15, 0.2) is 60.7 Å². The summed E-state index contributed by atoms with van der Waals surface area (Å²) < 4.78 is 22.0. The Morgan fingerprint density at radius 1 is 0.963 bits per heavy atom. The molecule has 2 aromatic carbocycles. The van der Waals surface area contributed by atoms with E-state index in [1.54, 1.807) is 48.5 Å². The zero-order valence-electron chi connectivity index (χ0n) is 15.1. The van der Waals surface area contributed by atoms with E-state index < -0.39 is 17.7 Å². The van der Waals surface area contributed by atoms with Crippen molar-refractivity contribution < 1.29 is 28.5 Å². The lowest BCUT2D eigenvalue weighted by Gasteiger charge is -2.27. The van der Waals surface area contributed by atoms with Crippen molar-refractivity contribution >= 4 is 11.9 Å². The molecule has 2 aromatic rings. The van der Waals surface area contributed by atoms with Crippen molar-refractivity contribution in [2.45, 2.75) is 24.7 Å². The number of benzene rings is 2. The van der Waals surface area contributed by atoms with Gasteiger partial charge in [0.2, 0.25) is 5.79 Å². The highest BCUT2D eigenvalue weighted by Gasteiger charge is 2.42. The van der Waals surface area contributed by atoms with Gasteiger partial charge in [-0.15, -0.1) is 0 Å². The van der Waals surface area contributed by atoms with Gasteiger partial charge in [0, 0.05) is 13.5 Å². The zero-order valence-corrected chi connectivity index (χ0v) is 15.1. The number of rotatable bonds is 7. The monoisotopic (exact) mass is 370 g/mol. The molecule has 3 rings (SSSR count). The lowest BCUT2D eigenvalue weighted by atomic mass is 10.1. The van der Waals surface area contributed by atoms with Crippen molar-refractivity contribution in [1.29, 1.82) is 0 Å². The summed E-state index contributed by atoms with van der Waals surface area (Å²) in [6.45, 7) is 0.0891. The molecule has 1 fully saturated rings. The van der Waals surface area contributed by atoms with Crippen molar-refractivity contribution in [3.8, 4) is 0 Å². The van der Waals surface area contributed by atoms with Crippen molar-refractivity contribution in [3.63, 3.8) is 0 Å². The van der Waals surface area contributed by atoms with Crippen molar-refractivity contribution in [3.05, 3.63) is 71.8 Å². The molecule has 1 aliphatic rings. The molecule has 0 radical (unpaired) electrons. The highest BCUT2D eigenvalue weighted by atomic mass is 16.7. The van der Waals surface area contributed by atoms with E-state index in [-0.39, 0.29) is 19.3 Å². The molecule has 0 spiro atoms. The summed E-state index contributed by atoms with van der Waals surface area (Å²) >= 11 is 0. The van der Waals surface area contributed by atoms with Crippen LogP contribution in [0.5, 0.6) is 0 Å². The van der Waals surface area contributed by atoms with Gasteiger partial charge in [-0.1, -0.05) is 36.4 Å². The van der Waals surface area contributed by atoms with Crippen LogP contribution in [-0.4, -0.2) is 44.2 Å². The van der Waals surface area contributed by atoms with E-state index in [9.17, 15) is 9.59 Å². The van der Waals surface area contributed by atoms with Gasteiger partial charge in [-0.05, 0) is 30.7 Å². The zero-order chi connectivity index (χ0) is 19.1. The number of methoxy groups -OCH3 is 1. The summed E-state index contributed by atoms with van der Waals surface area (Å²) in [4.78, 5) is 24.1. The largest absolute Gasteiger partial charge is 0.459 e. The summed E-state index contributed by atoms with van der Waals surface area (Å²) in [5.74, 6) is -1.85. The first-order valence-electron chi connectivity index (χ1n) is 8.79. The quantitative estimate of drug-likeness (QED) is 0.697. The second-order valence-electron chi connectivity index (χ2n) is 6.30. The van der Waals surface area contributed by atoms with Gasteiger partial charge in [0.1, 0.15) is 13.2 Å². The summed E-state index contributed by atoms with van der Waals surface area (Å²) in [7, 11) is 1.51. The minimum atomic E-state index is -1.02. The van der Waals surface area contributed by atoms with Crippen LogP contribution in [-0.2, 0) is 18.9 Å². The van der Waals surface area contributed by atoms with E-state index >= 15 is 0 Å². The number of esters is 2. The first kappa shape index (κ1) is 19.1. The minimum Gasteiger partial charge on any atom is -0.459 e. The van der Waals surface area contributed by atoms with Gasteiger partial charge in [-0.25, -0.2) is 9.59 Å². The summed E-state index contributed by atoms with van der Waals surface area (Å²) in [6.07, 6.45) is 0.866. The van der Waals surface area contributed by atoms with E-state index in [1.807, 2.05) is 12.1 Å². The van der Waals surface area contributed by atoms with Gasteiger partial charge < -0.3 is 18.9 Å². The Morgan fingerprint density at radius 2 is 1.52 bits per heavy atom. The Morgan fingerprint density at radius 3 is 2.07 bits per heavy atom. The van der Waals surface area contributed by atoms with Crippen LogP contribution in [0, 0.1) is 0 Å². The molecule has 2 atom stereocenters. The molecule has 27 heavy (non-hydrogen) atoms. The van der Waals surface area contributed by atoms with Crippen LogP contribution in [0.2, 0.25) is 0 Å². The molecule has 0 bridgehead atoms. The third-order valence-corrected chi connectivity index (χ3v) is 4.44. The lowest BCUT2D eigenvalue weighted by molar-refractivity contribution is -0.233. The van der Waals surface area contributed by atoms with Gasteiger partial charge in [-0.2, -0.15) is 0 Å². The Hall–Kier alpha value is -2.70. The normalized spacial score (nSPS) is 21.6. The SMILES string of the molecule is CO[C@]1(COC(=O)c2ccccc2)CC[C@@H](COC(=O)c2ccccc2)O1. The predicted octanol–water partition coefficient (Wildman–Crippen LogP) is 3.22. The molecule has 6 nitrogen and oxygen atoms in total. The fourth-order valence-electron chi connectivity index (χ4n) is 2.89. The second-order valence-corrected chi connectivity index (χ2v) is 6.30. The first-order valence-corrected chi connectivity index (χ1v) is 8.79. The van der Waals surface area contributed by atoms with E-state index in [4.69, 9.17) is 18.9 Å². The number of carbonyl (C=O) groups excluding carboxylic acids is 2. The summed E-state index contributed by atoms with van der Waals surface area (Å²) in [6, 6.07) is 17.5. The minimum absolute atomic E-state index is 0.0274. The molecule has 0 amide bonds. The fourth-order valence-corrected chi connectivity index (χ4v) is 2.89. The van der Waals surface area contributed by atoms with Gasteiger partial charge >= 0.3 is 11.9 Å². The molecular formula is C21H22O6. The number of hydrogen-bond acceptors (Lipinski definition) is 6. The molecular weight excluding hydrogens is 348 g/mol. The van der Waals surface area contributed by atoms with Crippen LogP contribution < -0.4 is 0 Å². The smallest absolute Gasteiger partial charge is 0.338 e. The molecule has 0 aliphatic carbocycles. The van der Waals surface area contributed by atoms with E-state index in [2.05, 4.69) is 0 Å². The van der Waals surface area contributed by atoms with Gasteiger partial charge in [0.15, 0.2) is 0 Å². The molecule has 1 heterocycles. The standard InChI is InChI=1S/C21H22O6/c1-24-21(15-26-20(23)17-10-6-3-7-11-17)13-12-18(27-21)14-25-19(22)16-8-4-2-5-9-16/h2-11,18H,12-15H2,1H3/t18-,21+/m0/s1. The highest BCUT2D eigenvalue weighted by molar-refractivity contribution is 5.89. The average molecular weight is 370 g/mol. The second kappa shape index (κ2) is 8.79. The van der Waals surface area contributed by atoms with Crippen LogP contribution in [0.25, 0.3) is 0 Å². The fraction of sp³-hybridized carbons (Fsp3) is 0.333. The number of carbonyl (C=O) groups is 2. The molecule has 1 aliphatic heterocycles. The van der Waals surface area contributed by atoms with Crippen molar-refractivity contribution in [2.75, 3.05) is 20.3 Å². The molecule has 0 aromatic heterocycles. The van der Waals surface area contributed by atoms with Crippen molar-refractivity contribution in [2.24, 2.45) is 0 Å². The Kier molecular flexibility index (Phi) is 6.21. The third kappa shape index (κ3) is 4.93. The van der Waals surface area contributed by atoms with E-state index in [0.29, 0.717) is 24.0 Å². The molecule has 142 valence electrons. The van der Waals surface area contributed by atoms with Gasteiger partial charge in [0.05, 0.1) is 17.2 Å². The lowest BCUT2D eigenvalue weighted by Crippen LogP contribution is -2.38. The Balaban J connectivity index is 1.49.